The Labute approximate surface area is 190 Å². The molecule has 0 fully saturated rings. The number of unbranched alkanes of at least 4 members (excludes halogenated alkanes) is 9. The van der Waals surface area contributed by atoms with Crippen molar-refractivity contribution in [3.63, 3.8) is 0 Å². The quantitative estimate of drug-likeness (QED) is 0.133. The number of hydrogen-bond acceptors (Lipinski definition) is 1. The summed E-state index contributed by atoms with van der Waals surface area (Å²) < 4.78 is 12.6. The first-order valence-electron chi connectivity index (χ1n) is 13.7. The zero-order chi connectivity index (χ0) is 22.7. The molecule has 1 N–H and O–H groups in total. The molecule has 0 aromatic carbocycles. The highest BCUT2D eigenvalue weighted by atomic mass is 31.2. The summed E-state index contributed by atoms with van der Waals surface area (Å²) >= 11 is 0. The summed E-state index contributed by atoms with van der Waals surface area (Å²) in [6.07, 6.45) is 22.5. The SMILES string of the molecule is CCCCCC(CCCCCCCCCP(=O)(O)CC(CCC)CCCC)C(C)C. The van der Waals surface area contributed by atoms with Gasteiger partial charge in [0, 0.05) is 12.3 Å². The van der Waals surface area contributed by atoms with Gasteiger partial charge < -0.3 is 4.89 Å². The molecular weight excluding hydrogens is 387 g/mol. The van der Waals surface area contributed by atoms with E-state index in [-0.39, 0.29) is 0 Å². The molecule has 0 heterocycles. The van der Waals surface area contributed by atoms with Crippen molar-refractivity contribution in [2.45, 2.75) is 144 Å². The lowest BCUT2D eigenvalue weighted by atomic mass is 9.86. The minimum atomic E-state index is -2.92. The van der Waals surface area contributed by atoms with E-state index >= 15 is 0 Å². The molecule has 0 aliphatic rings. The van der Waals surface area contributed by atoms with Crippen molar-refractivity contribution in [3.8, 4) is 0 Å². The van der Waals surface area contributed by atoms with Crippen LogP contribution < -0.4 is 0 Å². The smallest absolute Gasteiger partial charge is 0.200 e. The first-order valence-corrected chi connectivity index (χ1v) is 15.7. The van der Waals surface area contributed by atoms with E-state index in [1.54, 1.807) is 0 Å². The molecule has 0 amide bonds. The summed E-state index contributed by atoms with van der Waals surface area (Å²) in [5, 5.41) is 0. The molecule has 0 aromatic heterocycles. The van der Waals surface area contributed by atoms with Gasteiger partial charge in [0.2, 0.25) is 7.37 Å². The second-order valence-corrected chi connectivity index (χ2v) is 12.8. The van der Waals surface area contributed by atoms with E-state index in [0.29, 0.717) is 18.2 Å². The molecule has 0 radical (unpaired) electrons. The van der Waals surface area contributed by atoms with Crippen molar-refractivity contribution in [2.75, 3.05) is 12.3 Å². The molecule has 3 atom stereocenters. The average Bonchev–Trinajstić information content (AvgIpc) is 2.69. The van der Waals surface area contributed by atoms with Crippen LogP contribution in [0.1, 0.15) is 144 Å². The fourth-order valence-electron chi connectivity index (χ4n) is 4.84. The largest absolute Gasteiger partial charge is 0.344 e. The second kappa shape index (κ2) is 19.8. The highest BCUT2D eigenvalue weighted by Gasteiger charge is 2.23. The molecule has 0 aromatic rings. The lowest BCUT2D eigenvalue weighted by molar-refractivity contribution is 0.314. The summed E-state index contributed by atoms with van der Waals surface area (Å²) in [6, 6.07) is 0. The molecule has 0 saturated heterocycles. The van der Waals surface area contributed by atoms with Crippen molar-refractivity contribution in [1.29, 1.82) is 0 Å². The molecule has 30 heavy (non-hydrogen) atoms. The Kier molecular flexibility index (Phi) is 20.0. The summed E-state index contributed by atoms with van der Waals surface area (Å²) in [7, 11) is -2.92. The third kappa shape index (κ3) is 17.8. The van der Waals surface area contributed by atoms with Gasteiger partial charge in [0.25, 0.3) is 0 Å². The molecule has 0 aliphatic heterocycles. The van der Waals surface area contributed by atoms with Crippen molar-refractivity contribution < 1.29 is 9.46 Å². The van der Waals surface area contributed by atoms with Crippen molar-refractivity contribution in [3.05, 3.63) is 0 Å². The Morgan fingerprint density at radius 2 is 1.17 bits per heavy atom. The normalized spacial score (nSPS) is 16.0. The highest BCUT2D eigenvalue weighted by molar-refractivity contribution is 7.57. The van der Waals surface area contributed by atoms with E-state index < -0.39 is 7.37 Å². The third-order valence-electron chi connectivity index (χ3n) is 6.91. The van der Waals surface area contributed by atoms with Crippen LogP contribution >= 0.6 is 7.37 Å². The maximum atomic E-state index is 12.6. The Morgan fingerprint density at radius 1 is 0.633 bits per heavy atom. The summed E-state index contributed by atoms with van der Waals surface area (Å²) in [5.41, 5.74) is 0. The van der Waals surface area contributed by atoms with E-state index in [0.717, 1.165) is 43.9 Å². The fourth-order valence-corrected chi connectivity index (χ4v) is 6.91. The molecule has 0 bridgehead atoms. The van der Waals surface area contributed by atoms with Gasteiger partial charge >= 0.3 is 0 Å². The van der Waals surface area contributed by atoms with E-state index in [4.69, 9.17) is 0 Å². The predicted octanol–water partition coefficient (Wildman–Crippen LogP) is 9.84. The molecule has 0 rings (SSSR count). The second-order valence-electron chi connectivity index (χ2n) is 10.3. The maximum Gasteiger partial charge on any atom is 0.200 e. The molecular formula is C27H57O2P. The van der Waals surface area contributed by atoms with Crippen molar-refractivity contribution in [2.24, 2.45) is 17.8 Å². The molecule has 0 aliphatic carbocycles. The van der Waals surface area contributed by atoms with Crippen LogP contribution in [0.25, 0.3) is 0 Å². The predicted molar refractivity (Wildman–Crippen MR) is 137 cm³/mol. The Morgan fingerprint density at radius 3 is 1.70 bits per heavy atom. The molecule has 3 heteroatoms. The monoisotopic (exact) mass is 444 g/mol. The standard InChI is InChI=1S/C27H57O2P/c1-6-9-16-21-27(25(4)5)22-17-14-12-11-13-15-18-23-30(28,29)24-26(19-8-3)20-10-7-2/h25-27H,6-24H2,1-5H3,(H,28,29). The molecule has 2 nitrogen and oxygen atoms in total. The number of rotatable bonds is 22. The van der Waals surface area contributed by atoms with Gasteiger partial charge in [0.05, 0.1) is 0 Å². The minimum absolute atomic E-state index is 0.461. The fraction of sp³-hybridized carbons (Fsp3) is 1.00. The van der Waals surface area contributed by atoms with Gasteiger partial charge in [-0.05, 0) is 30.6 Å². The summed E-state index contributed by atoms with van der Waals surface area (Å²) in [4.78, 5) is 10.4. The van der Waals surface area contributed by atoms with Gasteiger partial charge in [-0.2, -0.15) is 0 Å². The molecule has 0 spiro atoms. The van der Waals surface area contributed by atoms with Crippen LogP contribution in [-0.4, -0.2) is 17.2 Å². The maximum absolute atomic E-state index is 12.6. The van der Waals surface area contributed by atoms with Gasteiger partial charge in [0.1, 0.15) is 0 Å². The van der Waals surface area contributed by atoms with Crippen LogP contribution in [0.15, 0.2) is 0 Å². The molecule has 3 unspecified atom stereocenters. The van der Waals surface area contributed by atoms with E-state index in [1.165, 1.54) is 77.0 Å². The summed E-state index contributed by atoms with van der Waals surface area (Å²) in [6.45, 7) is 11.5. The van der Waals surface area contributed by atoms with Crippen LogP contribution in [0, 0.1) is 17.8 Å². The van der Waals surface area contributed by atoms with E-state index in [1.807, 2.05) is 0 Å². The minimum Gasteiger partial charge on any atom is -0.344 e. The lowest BCUT2D eigenvalue weighted by Gasteiger charge is -2.20. The van der Waals surface area contributed by atoms with E-state index in [9.17, 15) is 9.46 Å². The van der Waals surface area contributed by atoms with Crippen LogP contribution in [0.3, 0.4) is 0 Å². The van der Waals surface area contributed by atoms with Crippen LogP contribution in [0.4, 0.5) is 0 Å². The van der Waals surface area contributed by atoms with Gasteiger partial charge in [-0.3, -0.25) is 4.57 Å². The van der Waals surface area contributed by atoms with E-state index in [2.05, 4.69) is 34.6 Å². The Balaban J connectivity index is 3.81. The van der Waals surface area contributed by atoms with Crippen molar-refractivity contribution in [1.82, 2.24) is 0 Å². The zero-order valence-electron chi connectivity index (χ0n) is 21.5. The Bertz CT molecular complexity index is 408. The van der Waals surface area contributed by atoms with Gasteiger partial charge in [-0.1, -0.05) is 131 Å². The molecule has 182 valence electrons. The van der Waals surface area contributed by atoms with Crippen LogP contribution in [0.2, 0.25) is 0 Å². The van der Waals surface area contributed by atoms with Gasteiger partial charge in [-0.25, -0.2) is 0 Å². The van der Waals surface area contributed by atoms with Crippen LogP contribution in [-0.2, 0) is 4.57 Å². The highest BCUT2D eigenvalue weighted by Crippen LogP contribution is 2.45. The lowest BCUT2D eigenvalue weighted by Crippen LogP contribution is -2.09. The number of hydrogen-bond donors (Lipinski definition) is 1. The first-order chi connectivity index (χ1) is 14.4. The zero-order valence-corrected chi connectivity index (χ0v) is 22.4. The average molecular weight is 445 g/mol. The molecule has 0 saturated carbocycles. The summed E-state index contributed by atoms with van der Waals surface area (Å²) in [5.74, 6) is 2.21. The third-order valence-corrected chi connectivity index (χ3v) is 9.01. The van der Waals surface area contributed by atoms with Gasteiger partial charge in [-0.15, -0.1) is 0 Å². The van der Waals surface area contributed by atoms with Gasteiger partial charge in [0.15, 0.2) is 0 Å². The van der Waals surface area contributed by atoms with Crippen LogP contribution in [0.5, 0.6) is 0 Å². The first kappa shape index (κ1) is 30.2. The Hall–Kier alpha value is 0.190. The van der Waals surface area contributed by atoms with Crippen molar-refractivity contribution >= 4 is 7.37 Å². The topological polar surface area (TPSA) is 37.3 Å².